The first-order valence-electron chi connectivity index (χ1n) is 7.18. The van der Waals surface area contributed by atoms with Crippen LogP contribution >= 0.6 is 0 Å². The minimum atomic E-state index is -0.496. The summed E-state index contributed by atoms with van der Waals surface area (Å²) in [6, 6.07) is 3.73. The van der Waals surface area contributed by atoms with Crippen molar-refractivity contribution in [3.8, 4) is 5.75 Å². The van der Waals surface area contributed by atoms with Gasteiger partial charge in [0.1, 0.15) is 11.6 Å². The lowest BCUT2D eigenvalue weighted by Crippen LogP contribution is -2.40. The molecule has 0 atom stereocenters. The highest BCUT2D eigenvalue weighted by Gasteiger charge is 2.21. The maximum Gasteiger partial charge on any atom is 0.260 e. The van der Waals surface area contributed by atoms with E-state index in [9.17, 15) is 14.0 Å². The molecule has 1 aliphatic heterocycles. The van der Waals surface area contributed by atoms with Crippen molar-refractivity contribution in [2.45, 2.75) is 26.7 Å². The quantitative estimate of drug-likeness (QED) is 0.802. The van der Waals surface area contributed by atoms with E-state index in [2.05, 4.69) is 6.92 Å². The molecule has 0 unspecified atom stereocenters. The van der Waals surface area contributed by atoms with E-state index in [4.69, 9.17) is 4.74 Å². The number of rotatable bonds is 4. The van der Waals surface area contributed by atoms with E-state index in [0.717, 1.165) is 32.0 Å². The monoisotopic (exact) mass is 293 g/mol. The molecule has 0 radical (unpaired) electrons. The molecule has 1 aliphatic rings. The van der Waals surface area contributed by atoms with E-state index in [1.165, 1.54) is 19.1 Å². The number of nitrogens with zero attached hydrogens (tertiary/aromatic N) is 1. The summed E-state index contributed by atoms with van der Waals surface area (Å²) in [5.41, 5.74) is 0.162. The predicted octanol–water partition coefficient (Wildman–Crippen LogP) is 2.67. The number of carbonyl (C=O) groups excluding carboxylic acids is 2. The Morgan fingerprint density at radius 3 is 2.62 bits per heavy atom. The van der Waals surface area contributed by atoms with Crippen LogP contribution < -0.4 is 4.74 Å². The summed E-state index contributed by atoms with van der Waals surface area (Å²) in [6.45, 7) is 4.88. The molecule has 0 spiro atoms. The third-order valence-electron chi connectivity index (χ3n) is 3.81. The maximum absolute atomic E-state index is 13.2. The third kappa shape index (κ3) is 4.03. The number of hydrogen-bond donors (Lipinski definition) is 0. The zero-order valence-corrected chi connectivity index (χ0v) is 12.4. The van der Waals surface area contributed by atoms with E-state index >= 15 is 0 Å². The molecule has 0 aromatic heterocycles. The van der Waals surface area contributed by atoms with Gasteiger partial charge in [-0.1, -0.05) is 6.92 Å². The van der Waals surface area contributed by atoms with E-state index in [0.29, 0.717) is 5.92 Å². The topological polar surface area (TPSA) is 46.6 Å². The minimum Gasteiger partial charge on any atom is -0.483 e. The van der Waals surface area contributed by atoms with Gasteiger partial charge in [0.05, 0.1) is 5.56 Å². The Hall–Kier alpha value is -1.91. The summed E-state index contributed by atoms with van der Waals surface area (Å²) in [5.74, 6) is 0.0207. The lowest BCUT2D eigenvalue weighted by Gasteiger charge is -2.30. The average Bonchev–Trinajstić information content (AvgIpc) is 2.46. The third-order valence-corrected chi connectivity index (χ3v) is 3.81. The Morgan fingerprint density at radius 1 is 1.33 bits per heavy atom. The number of Topliss-reactive ketones (excluding diaryl/α,β-unsaturated/α-hetero) is 1. The number of piperidine rings is 1. The lowest BCUT2D eigenvalue weighted by molar-refractivity contribution is -0.134. The normalized spacial score (nSPS) is 15.9. The highest BCUT2D eigenvalue weighted by Crippen LogP contribution is 2.21. The molecule has 0 N–H and O–H groups in total. The molecule has 21 heavy (non-hydrogen) atoms. The van der Waals surface area contributed by atoms with Crippen molar-refractivity contribution in [1.29, 1.82) is 0 Å². The Morgan fingerprint density at radius 2 is 2.00 bits per heavy atom. The summed E-state index contributed by atoms with van der Waals surface area (Å²) >= 11 is 0. The number of ether oxygens (including phenoxy) is 1. The van der Waals surface area contributed by atoms with Crippen LogP contribution in [0.15, 0.2) is 18.2 Å². The summed E-state index contributed by atoms with van der Waals surface area (Å²) in [6.07, 6.45) is 2.00. The van der Waals surface area contributed by atoms with Crippen LogP contribution in [0.4, 0.5) is 4.39 Å². The fourth-order valence-electron chi connectivity index (χ4n) is 2.39. The summed E-state index contributed by atoms with van der Waals surface area (Å²) in [7, 11) is 0. The smallest absolute Gasteiger partial charge is 0.260 e. The molecule has 0 bridgehead atoms. The molecule has 0 saturated carbocycles. The molecule has 0 aliphatic carbocycles. The van der Waals surface area contributed by atoms with Gasteiger partial charge in [-0.05, 0) is 43.9 Å². The Bertz CT molecular complexity index is 536. The zero-order chi connectivity index (χ0) is 15.4. The first kappa shape index (κ1) is 15.5. The number of benzene rings is 1. The van der Waals surface area contributed by atoms with Gasteiger partial charge in [-0.3, -0.25) is 9.59 Å². The molecule has 4 nitrogen and oxygen atoms in total. The number of likely N-dealkylation sites (tertiary alicyclic amines) is 1. The first-order chi connectivity index (χ1) is 9.97. The van der Waals surface area contributed by atoms with E-state index in [-0.39, 0.29) is 29.6 Å². The van der Waals surface area contributed by atoms with Gasteiger partial charge in [0.2, 0.25) is 0 Å². The fourth-order valence-corrected chi connectivity index (χ4v) is 2.39. The van der Waals surface area contributed by atoms with Crippen LogP contribution in [0.3, 0.4) is 0 Å². The van der Waals surface area contributed by atoms with Crippen molar-refractivity contribution in [3.63, 3.8) is 0 Å². The van der Waals surface area contributed by atoms with Crippen LogP contribution in [0.5, 0.6) is 5.75 Å². The van der Waals surface area contributed by atoms with Crippen LogP contribution in [-0.4, -0.2) is 36.3 Å². The number of amides is 1. The van der Waals surface area contributed by atoms with Crippen molar-refractivity contribution < 1.29 is 18.7 Å². The molecule has 1 heterocycles. The molecule has 1 aromatic carbocycles. The number of halogens is 1. The molecule has 5 heteroatoms. The molecular weight excluding hydrogens is 273 g/mol. The van der Waals surface area contributed by atoms with Crippen molar-refractivity contribution in [3.05, 3.63) is 29.6 Å². The SMILES string of the molecule is CC(=O)c1cc(F)ccc1OCC(=O)N1CCC(C)CC1. The predicted molar refractivity (Wildman–Crippen MR) is 76.9 cm³/mol. The van der Waals surface area contributed by atoms with Crippen molar-refractivity contribution >= 4 is 11.7 Å². The van der Waals surface area contributed by atoms with Gasteiger partial charge >= 0.3 is 0 Å². The first-order valence-corrected chi connectivity index (χ1v) is 7.18. The molecular formula is C16H20FNO3. The molecule has 2 rings (SSSR count). The van der Waals surface area contributed by atoms with Crippen LogP contribution in [0.1, 0.15) is 37.0 Å². The maximum atomic E-state index is 13.2. The zero-order valence-electron chi connectivity index (χ0n) is 12.4. The van der Waals surface area contributed by atoms with Crippen molar-refractivity contribution in [2.24, 2.45) is 5.92 Å². The highest BCUT2D eigenvalue weighted by atomic mass is 19.1. The summed E-state index contributed by atoms with van der Waals surface area (Å²) < 4.78 is 18.6. The Labute approximate surface area is 123 Å². The molecule has 114 valence electrons. The van der Waals surface area contributed by atoms with Gasteiger partial charge in [0.15, 0.2) is 12.4 Å². The van der Waals surface area contributed by atoms with Gasteiger partial charge < -0.3 is 9.64 Å². The Balaban J connectivity index is 1.96. The fraction of sp³-hybridized carbons (Fsp3) is 0.500. The second kappa shape index (κ2) is 6.70. The average molecular weight is 293 g/mol. The standard InChI is InChI=1S/C16H20FNO3/c1-11-5-7-18(8-6-11)16(20)10-21-15-4-3-13(17)9-14(15)12(2)19/h3-4,9,11H,5-8,10H2,1-2H3. The van der Waals surface area contributed by atoms with Crippen LogP contribution in [-0.2, 0) is 4.79 Å². The summed E-state index contributed by atoms with van der Waals surface area (Å²) in [5, 5.41) is 0. The molecule has 1 fully saturated rings. The number of carbonyl (C=O) groups is 2. The van der Waals surface area contributed by atoms with Gasteiger partial charge in [0, 0.05) is 13.1 Å². The second-order valence-electron chi connectivity index (χ2n) is 5.55. The molecule has 1 amide bonds. The van der Waals surface area contributed by atoms with Crippen molar-refractivity contribution in [1.82, 2.24) is 4.90 Å². The Kier molecular flexibility index (Phi) is 4.94. The molecule has 1 saturated heterocycles. The number of hydrogen-bond acceptors (Lipinski definition) is 3. The van der Waals surface area contributed by atoms with E-state index < -0.39 is 5.82 Å². The lowest BCUT2D eigenvalue weighted by atomic mass is 9.99. The highest BCUT2D eigenvalue weighted by molar-refractivity contribution is 5.96. The summed E-state index contributed by atoms with van der Waals surface area (Å²) in [4.78, 5) is 25.3. The number of ketones is 1. The van der Waals surface area contributed by atoms with Gasteiger partial charge in [-0.25, -0.2) is 4.39 Å². The minimum absolute atomic E-state index is 0.0965. The van der Waals surface area contributed by atoms with E-state index in [1.54, 1.807) is 4.90 Å². The van der Waals surface area contributed by atoms with Gasteiger partial charge in [-0.2, -0.15) is 0 Å². The van der Waals surface area contributed by atoms with Gasteiger partial charge in [-0.15, -0.1) is 0 Å². The van der Waals surface area contributed by atoms with E-state index in [1.807, 2.05) is 0 Å². The van der Waals surface area contributed by atoms with Crippen molar-refractivity contribution in [2.75, 3.05) is 19.7 Å². The van der Waals surface area contributed by atoms with Crippen LogP contribution in [0.2, 0.25) is 0 Å². The second-order valence-corrected chi connectivity index (χ2v) is 5.55. The molecule has 1 aromatic rings. The van der Waals surface area contributed by atoms with Crippen LogP contribution in [0, 0.1) is 11.7 Å². The van der Waals surface area contributed by atoms with Gasteiger partial charge in [0.25, 0.3) is 5.91 Å². The largest absolute Gasteiger partial charge is 0.483 e. The van der Waals surface area contributed by atoms with Crippen LogP contribution in [0.25, 0.3) is 0 Å².